The van der Waals surface area contributed by atoms with Gasteiger partial charge in [0.1, 0.15) is 5.82 Å². The van der Waals surface area contributed by atoms with Crippen molar-refractivity contribution in [3.05, 3.63) is 71.6 Å². The number of hydrogen-bond acceptors (Lipinski definition) is 6. The van der Waals surface area contributed by atoms with Crippen LogP contribution in [0.1, 0.15) is 50.5 Å². The molecule has 2 aromatic rings. The van der Waals surface area contributed by atoms with Crippen LogP contribution < -0.4 is 9.64 Å². The number of rotatable bonds is 5. The monoisotopic (exact) mass is 666 g/mol. The molecule has 2 heterocycles. The number of allylic oxidation sites excluding steroid dienone is 3. The summed E-state index contributed by atoms with van der Waals surface area (Å²) in [5, 5.41) is 10.1. The van der Waals surface area contributed by atoms with Crippen LogP contribution in [0, 0.1) is 29.5 Å². The number of anilines is 1. The number of imide groups is 2. The molecule has 46 heavy (non-hydrogen) atoms. The second kappa shape index (κ2) is 11.2. The molecule has 3 aliphatic carbocycles. The molecule has 0 aromatic heterocycles. The number of carbonyl (C=O) groups is 4. The first-order chi connectivity index (χ1) is 22.0. The van der Waals surface area contributed by atoms with Gasteiger partial charge in [0, 0.05) is 12.0 Å². The number of fused-ring (bicyclic) bond motifs is 4. The van der Waals surface area contributed by atoms with Gasteiger partial charge < -0.3 is 9.84 Å². The van der Waals surface area contributed by atoms with Crippen molar-refractivity contribution >= 4 is 58.6 Å². The highest BCUT2D eigenvalue weighted by molar-refractivity contribution is 6.58. The zero-order valence-electron chi connectivity index (χ0n) is 25.1. The number of amides is 4. The van der Waals surface area contributed by atoms with Gasteiger partial charge in [0.2, 0.25) is 11.8 Å². The van der Waals surface area contributed by atoms with Gasteiger partial charge in [-0.3, -0.25) is 24.1 Å². The van der Waals surface area contributed by atoms with Crippen LogP contribution in [0.2, 0.25) is 0 Å². The minimum Gasteiger partial charge on any atom is -0.504 e. The average Bonchev–Trinajstić information content (AvgIpc) is 3.40. The summed E-state index contributed by atoms with van der Waals surface area (Å²) in [5.41, 5.74) is 1.43. The predicted molar refractivity (Wildman–Crippen MR) is 170 cm³/mol. The van der Waals surface area contributed by atoms with Crippen molar-refractivity contribution in [1.29, 1.82) is 0 Å². The van der Waals surface area contributed by atoms with Gasteiger partial charge in [-0.15, -0.1) is 23.2 Å². The van der Waals surface area contributed by atoms with Crippen LogP contribution in [0.5, 0.6) is 11.5 Å². The lowest BCUT2D eigenvalue weighted by Gasteiger charge is -2.49. The normalized spacial score (nSPS) is 32.9. The lowest BCUT2D eigenvalue weighted by molar-refractivity contribution is -0.143. The molecular weight excluding hydrogens is 634 g/mol. The Morgan fingerprint density at radius 2 is 1.67 bits per heavy atom. The van der Waals surface area contributed by atoms with Gasteiger partial charge in [-0.1, -0.05) is 49.1 Å². The fourth-order valence-corrected chi connectivity index (χ4v) is 9.27. The number of methoxy groups -OCH3 is 1. The molecule has 7 rings (SSSR count). The highest BCUT2D eigenvalue weighted by Crippen LogP contribution is 2.63. The van der Waals surface area contributed by atoms with E-state index < -0.39 is 51.1 Å². The van der Waals surface area contributed by atoms with Crippen LogP contribution in [0.15, 0.2) is 60.2 Å². The zero-order valence-corrected chi connectivity index (χ0v) is 26.6. The molecule has 11 heteroatoms. The third-order valence-corrected chi connectivity index (χ3v) is 12.0. The summed E-state index contributed by atoms with van der Waals surface area (Å²) in [6.07, 6.45) is 10.00. The SMILES string of the molecule is COc1cc(C=CC2C3=CCC4C(=O)N(C5CCCCC5)C(=O)C4C3CC3(Cl)C(=O)N(c4ccc(F)cc4)C(=O)C23Cl)ccc1O. The zero-order chi connectivity index (χ0) is 32.5. The molecule has 6 atom stereocenters. The molecule has 2 aromatic carbocycles. The molecule has 0 spiro atoms. The number of phenols is 1. The highest BCUT2D eigenvalue weighted by Gasteiger charge is 2.76. The highest BCUT2D eigenvalue weighted by atomic mass is 35.5. The Balaban J connectivity index is 1.34. The maximum Gasteiger partial charge on any atom is 0.258 e. The van der Waals surface area contributed by atoms with Gasteiger partial charge in [-0.2, -0.15) is 0 Å². The largest absolute Gasteiger partial charge is 0.504 e. The number of likely N-dealkylation sites (tertiary alicyclic amines) is 1. The molecule has 0 radical (unpaired) electrons. The van der Waals surface area contributed by atoms with E-state index in [0.717, 1.165) is 49.1 Å². The summed E-state index contributed by atoms with van der Waals surface area (Å²) in [6, 6.07) is 9.52. The molecule has 8 nitrogen and oxygen atoms in total. The summed E-state index contributed by atoms with van der Waals surface area (Å²) >= 11 is 14.7. The van der Waals surface area contributed by atoms with E-state index >= 15 is 0 Å². The number of halogens is 3. The number of alkyl halides is 2. The minimum absolute atomic E-state index is 0.0505. The van der Waals surface area contributed by atoms with Crippen LogP contribution in [0.4, 0.5) is 10.1 Å². The molecule has 0 bridgehead atoms. The molecule has 2 saturated heterocycles. The molecule has 6 unspecified atom stereocenters. The van der Waals surface area contributed by atoms with E-state index in [9.17, 15) is 28.7 Å². The lowest BCUT2D eigenvalue weighted by atomic mass is 9.57. The van der Waals surface area contributed by atoms with E-state index in [0.29, 0.717) is 17.6 Å². The van der Waals surface area contributed by atoms with E-state index in [1.807, 2.05) is 6.08 Å². The maximum absolute atomic E-state index is 14.4. The fraction of sp³-hybridized carbons (Fsp3) is 0.429. The third-order valence-electron chi connectivity index (χ3n) is 10.6. The van der Waals surface area contributed by atoms with E-state index in [1.54, 1.807) is 24.3 Å². The molecule has 2 aliphatic heterocycles. The summed E-state index contributed by atoms with van der Waals surface area (Å²) in [7, 11) is 1.43. The standard InChI is InChI=1S/C35H33Cl2FN2O6/c1-46-28-17-19(8-16-27(28)41)7-15-26-23-13-14-24-29(31(43)39(30(24)42)21-5-3-2-4-6-21)25(23)18-34(36)32(44)40(33(45)35(26,34)37)22-11-9-20(38)10-12-22/h7-13,15-17,21,24-26,29,41H,2-6,14,18H2,1H3. The summed E-state index contributed by atoms with van der Waals surface area (Å²) in [4.78, 5) is 55.0. The number of nitrogens with zero attached hydrogens (tertiary/aromatic N) is 2. The number of aromatic hydroxyl groups is 1. The van der Waals surface area contributed by atoms with Crippen LogP contribution >= 0.6 is 23.2 Å². The Hall–Kier alpha value is -3.69. The summed E-state index contributed by atoms with van der Waals surface area (Å²) < 4.78 is 19.1. The quantitative estimate of drug-likeness (QED) is 0.239. The molecule has 5 aliphatic rings. The van der Waals surface area contributed by atoms with Crippen molar-refractivity contribution in [3.63, 3.8) is 0 Å². The van der Waals surface area contributed by atoms with Crippen LogP contribution in [-0.2, 0) is 19.2 Å². The van der Waals surface area contributed by atoms with Gasteiger partial charge >= 0.3 is 0 Å². The smallest absolute Gasteiger partial charge is 0.258 e. The number of phenolic OH excluding ortho intramolecular Hbond substituents is 1. The van der Waals surface area contributed by atoms with Gasteiger partial charge in [0.15, 0.2) is 21.2 Å². The average molecular weight is 668 g/mol. The van der Waals surface area contributed by atoms with Crippen LogP contribution in [0.3, 0.4) is 0 Å². The Bertz CT molecular complexity index is 1700. The Labute approximate surface area is 275 Å². The van der Waals surface area contributed by atoms with E-state index in [2.05, 4.69) is 0 Å². The van der Waals surface area contributed by atoms with Gasteiger partial charge in [0.25, 0.3) is 11.8 Å². The number of carbonyl (C=O) groups excluding carboxylic acids is 4. The Morgan fingerprint density at radius 3 is 2.37 bits per heavy atom. The topological polar surface area (TPSA) is 104 Å². The molecular formula is C35H33Cl2FN2O6. The maximum atomic E-state index is 14.4. The van der Waals surface area contributed by atoms with Gasteiger partial charge in [0.05, 0.1) is 24.6 Å². The minimum atomic E-state index is -2.00. The summed E-state index contributed by atoms with van der Waals surface area (Å²) in [5.74, 6) is -5.19. The van der Waals surface area contributed by atoms with Gasteiger partial charge in [-0.05, 0) is 73.6 Å². The second-order valence-corrected chi connectivity index (χ2v) is 14.2. The first-order valence-corrected chi connectivity index (χ1v) is 16.4. The van der Waals surface area contributed by atoms with Crippen molar-refractivity contribution in [2.24, 2.45) is 23.7 Å². The molecule has 2 saturated carbocycles. The van der Waals surface area contributed by atoms with Crippen molar-refractivity contribution in [2.75, 3.05) is 12.0 Å². The number of ether oxygens (including phenoxy) is 1. The van der Waals surface area contributed by atoms with Crippen molar-refractivity contribution in [3.8, 4) is 11.5 Å². The second-order valence-electron chi connectivity index (χ2n) is 12.9. The summed E-state index contributed by atoms with van der Waals surface area (Å²) in [6.45, 7) is 0. The van der Waals surface area contributed by atoms with Crippen molar-refractivity contribution in [1.82, 2.24) is 4.90 Å². The number of hydrogen-bond donors (Lipinski definition) is 1. The van der Waals surface area contributed by atoms with E-state index in [-0.39, 0.29) is 41.5 Å². The predicted octanol–water partition coefficient (Wildman–Crippen LogP) is 5.98. The molecule has 4 fully saturated rings. The first kappa shape index (κ1) is 30.9. The lowest BCUT2D eigenvalue weighted by Crippen LogP contribution is -2.60. The Morgan fingerprint density at radius 1 is 0.957 bits per heavy atom. The molecule has 240 valence electrons. The Kier molecular flexibility index (Phi) is 7.55. The van der Waals surface area contributed by atoms with Gasteiger partial charge in [-0.25, -0.2) is 9.29 Å². The fourth-order valence-electron chi connectivity index (χ4n) is 8.38. The first-order valence-electron chi connectivity index (χ1n) is 15.7. The van der Waals surface area contributed by atoms with Crippen LogP contribution in [-0.4, -0.2) is 56.5 Å². The van der Waals surface area contributed by atoms with Crippen molar-refractivity contribution < 1.29 is 33.4 Å². The van der Waals surface area contributed by atoms with E-state index in [4.69, 9.17) is 27.9 Å². The van der Waals surface area contributed by atoms with Crippen LogP contribution in [0.25, 0.3) is 6.08 Å². The molecule has 1 N–H and O–H groups in total. The number of benzene rings is 2. The van der Waals surface area contributed by atoms with E-state index in [1.165, 1.54) is 30.2 Å². The van der Waals surface area contributed by atoms with Crippen molar-refractivity contribution in [2.45, 2.75) is 60.7 Å². The third kappa shape index (κ3) is 4.38. The molecule has 4 amide bonds.